The molecule has 3 heteroatoms. The highest BCUT2D eigenvalue weighted by molar-refractivity contribution is 5.88. The second-order valence-corrected chi connectivity index (χ2v) is 6.46. The minimum Gasteiger partial charge on any atom is -0.383 e. The molecule has 108 valence electrons. The maximum absolute atomic E-state index is 6.37. The summed E-state index contributed by atoms with van der Waals surface area (Å²) in [6.45, 7) is 8.43. The molecule has 0 unspecified atom stereocenters. The van der Waals surface area contributed by atoms with Crippen molar-refractivity contribution in [2.45, 2.75) is 33.2 Å². The van der Waals surface area contributed by atoms with Crippen LogP contribution in [0.25, 0.3) is 22.0 Å². The molecular formula is C18H21N3. The number of fused-ring (bicyclic) bond motifs is 1. The number of anilines is 1. The number of hydrogen-bond donors (Lipinski definition) is 1. The lowest BCUT2D eigenvalue weighted by Gasteiger charge is -2.24. The Kier molecular flexibility index (Phi) is 3.01. The van der Waals surface area contributed by atoms with Crippen LogP contribution in [0.5, 0.6) is 0 Å². The van der Waals surface area contributed by atoms with E-state index in [9.17, 15) is 0 Å². The summed E-state index contributed by atoms with van der Waals surface area (Å²) in [6, 6.07) is 14.7. The zero-order valence-electron chi connectivity index (χ0n) is 13.0. The molecular weight excluding hydrogens is 258 g/mol. The van der Waals surface area contributed by atoms with Crippen molar-refractivity contribution in [3.8, 4) is 11.3 Å². The molecule has 3 aromatic rings. The van der Waals surface area contributed by atoms with Gasteiger partial charge in [0.2, 0.25) is 0 Å². The fraction of sp³-hybridized carbons (Fsp3) is 0.278. The Morgan fingerprint density at radius 1 is 1.00 bits per heavy atom. The average Bonchev–Trinajstić information content (AvgIpc) is 2.73. The number of nitrogens with zero attached hydrogens (tertiary/aromatic N) is 2. The Bertz CT molecular complexity index is 807. The second kappa shape index (κ2) is 4.62. The third-order valence-corrected chi connectivity index (χ3v) is 3.77. The van der Waals surface area contributed by atoms with E-state index < -0.39 is 0 Å². The Morgan fingerprint density at radius 2 is 1.67 bits per heavy atom. The molecule has 0 saturated heterocycles. The van der Waals surface area contributed by atoms with Gasteiger partial charge in [-0.15, -0.1) is 0 Å². The third kappa shape index (κ3) is 2.29. The summed E-state index contributed by atoms with van der Waals surface area (Å²) in [6.07, 6.45) is 0. The summed E-state index contributed by atoms with van der Waals surface area (Å²) in [7, 11) is 0. The Hall–Kier alpha value is -2.29. The quantitative estimate of drug-likeness (QED) is 0.719. The van der Waals surface area contributed by atoms with Crippen molar-refractivity contribution in [1.82, 2.24) is 9.55 Å². The largest absolute Gasteiger partial charge is 0.383 e. The lowest BCUT2D eigenvalue weighted by atomic mass is 10.0. The minimum absolute atomic E-state index is 0.0731. The average molecular weight is 279 g/mol. The van der Waals surface area contributed by atoms with E-state index in [1.165, 1.54) is 10.8 Å². The van der Waals surface area contributed by atoms with Crippen LogP contribution in [0, 0.1) is 6.92 Å². The van der Waals surface area contributed by atoms with Crippen molar-refractivity contribution < 1.29 is 0 Å². The van der Waals surface area contributed by atoms with Gasteiger partial charge in [-0.2, -0.15) is 0 Å². The summed E-state index contributed by atoms with van der Waals surface area (Å²) in [5.74, 6) is 1.68. The van der Waals surface area contributed by atoms with Gasteiger partial charge in [-0.05, 0) is 44.5 Å². The summed E-state index contributed by atoms with van der Waals surface area (Å²) in [5.41, 5.74) is 8.23. The van der Waals surface area contributed by atoms with Crippen LogP contribution in [0.4, 0.5) is 5.82 Å². The lowest BCUT2D eigenvalue weighted by molar-refractivity contribution is 0.393. The topological polar surface area (TPSA) is 43.8 Å². The van der Waals surface area contributed by atoms with Crippen LogP contribution in [-0.4, -0.2) is 9.55 Å². The number of hydrogen-bond acceptors (Lipinski definition) is 2. The predicted octanol–water partition coefficient (Wildman–Crippen LogP) is 4.35. The van der Waals surface area contributed by atoms with Gasteiger partial charge in [0, 0.05) is 11.1 Å². The molecule has 2 aromatic carbocycles. The first-order valence-corrected chi connectivity index (χ1v) is 7.22. The second-order valence-electron chi connectivity index (χ2n) is 6.46. The molecule has 0 radical (unpaired) electrons. The maximum Gasteiger partial charge on any atom is 0.132 e. The van der Waals surface area contributed by atoms with Gasteiger partial charge < -0.3 is 10.3 Å². The van der Waals surface area contributed by atoms with E-state index in [2.05, 4.69) is 67.8 Å². The Balaban J connectivity index is 2.19. The van der Waals surface area contributed by atoms with Gasteiger partial charge in [-0.3, -0.25) is 0 Å². The molecule has 0 amide bonds. The van der Waals surface area contributed by atoms with Crippen LogP contribution in [0.2, 0.25) is 0 Å². The molecule has 0 aliphatic carbocycles. The highest BCUT2D eigenvalue weighted by Gasteiger charge is 2.22. The van der Waals surface area contributed by atoms with Gasteiger partial charge in [-0.25, -0.2) is 4.98 Å². The SMILES string of the molecule is Cc1nc(-c2ccc3ccccc3c2)c(N)n1C(C)(C)C. The van der Waals surface area contributed by atoms with Gasteiger partial charge in [0.05, 0.1) is 0 Å². The number of nitrogens with two attached hydrogens (primary N) is 1. The molecule has 0 fully saturated rings. The van der Waals surface area contributed by atoms with E-state index in [1.54, 1.807) is 0 Å². The summed E-state index contributed by atoms with van der Waals surface area (Å²) in [5, 5.41) is 2.43. The Morgan fingerprint density at radius 3 is 2.29 bits per heavy atom. The van der Waals surface area contributed by atoms with Crippen LogP contribution >= 0.6 is 0 Å². The predicted molar refractivity (Wildman–Crippen MR) is 89.3 cm³/mol. The van der Waals surface area contributed by atoms with Crippen LogP contribution in [0.3, 0.4) is 0 Å². The normalized spacial score (nSPS) is 12.0. The van der Waals surface area contributed by atoms with Crippen molar-refractivity contribution in [2.24, 2.45) is 0 Å². The van der Waals surface area contributed by atoms with Crippen molar-refractivity contribution in [3.05, 3.63) is 48.3 Å². The first-order valence-electron chi connectivity index (χ1n) is 7.22. The summed E-state index contributed by atoms with van der Waals surface area (Å²) >= 11 is 0. The number of aryl methyl sites for hydroxylation is 1. The standard InChI is InChI=1S/C18H21N3/c1-12-20-16(17(19)21(12)18(2,3)4)15-10-9-13-7-5-6-8-14(13)11-15/h5-11H,19H2,1-4H3. The smallest absolute Gasteiger partial charge is 0.132 e. The lowest BCUT2D eigenvalue weighted by Crippen LogP contribution is -2.24. The van der Waals surface area contributed by atoms with Gasteiger partial charge in [0.1, 0.15) is 17.3 Å². The van der Waals surface area contributed by atoms with Gasteiger partial charge >= 0.3 is 0 Å². The fourth-order valence-corrected chi connectivity index (χ4v) is 2.95. The molecule has 0 aliphatic heterocycles. The number of aromatic nitrogens is 2. The summed E-state index contributed by atoms with van der Waals surface area (Å²) in [4.78, 5) is 4.69. The molecule has 1 heterocycles. The molecule has 21 heavy (non-hydrogen) atoms. The summed E-state index contributed by atoms with van der Waals surface area (Å²) < 4.78 is 2.09. The molecule has 0 saturated carbocycles. The van der Waals surface area contributed by atoms with Crippen molar-refractivity contribution in [3.63, 3.8) is 0 Å². The molecule has 2 N–H and O–H groups in total. The van der Waals surface area contributed by atoms with Crippen LogP contribution in [0.15, 0.2) is 42.5 Å². The zero-order valence-corrected chi connectivity index (χ0v) is 13.0. The van der Waals surface area contributed by atoms with E-state index in [1.807, 2.05) is 6.92 Å². The Labute approximate surface area is 125 Å². The highest BCUT2D eigenvalue weighted by atomic mass is 15.2. The molecule has 0 bridgehead atoms. The van der Waals surface area contributed by atoms with Crippen LogP contribution in [-0.2, 0) is 5.54 Å². The fourth-order valence-electron chi connectivity index (χ4n) is 2.95. The van der Waals surface area contributed by atoms with Crippen LogP contribution in [0.1, 0.15) is 26.6 Å². The molecule has 3 nitrogen and oxygen atoms in total. The van der Waals surface area contributed by atoms with Crippen molar-refractivity contribution in [1.29, 1.82) is 0 Å². The highest BCUT2D eigenvalue weighted by Crippen LogP contribution is 2.32. The van der Waals surface area contributed by atoms with Gasteiger partial charge in [0.15, 0.2) is 0 Å². The van der Waals surface area contributed by atoms with E-state index in [0.717, 1.165) is 22.9 Å². The van der Waals surface area contributed by atoms with Crippen molar-refractivity contribution in [2.75, 3.05) is 5.73 Å². The molecule has 0 atom stereocenters. The molecule has 0 aliphatic rings. The van der Waals surface area contributed by atoms with E-state index in [4.69, 9.17) is 10.7 Å². The van der Waals surface area contributed by atoms with E-state index in [0.29, 0.717) is 0 Å². The van der Waals surface area contributed by atoms with Crippen molar-refractivity contribution >= 4 is 16.6 Å². The monoisotopic (exact) mass is 279 g/mol. The minimum atomic E-state index is -0.0731. The zero-order chi connectivity index (χ0) is 15.2. The maximum atomic E-state index is 6.37. The number of benzene rings is 2. The van der Waals surface area contributed by atoms with Crippen LogP contribution < -0.4 is 5.73 Å². The molecule has 1 aromatic heterocycles. The third-order valence-electron chi connectivity index (χ3n) is 3.77. The first-order chi connectivity index (χ1) is 9.88. The number of nitrogen functional groups attached to an aromatic ring is 1. The number of rotatable bonds is 1. The van der Waals surface area contributed by atoms with Gasteiger partial charge in [0.25, 0.3) is 0 Å². The first kappa shape index (κ1) is 13.7. The van der Waals surface area contributed by atoms with E-state index >= 15 is 0 Å². The molecule has 0 spiro atoms. The van der Waals surface area contributed by atoms with E-state index in [-0.39, 0.29) is 5.54 Å². The van der Waals surface area contributed by atoms with Gasteiger partial charge in [-0.1, -0.05) is 36.4 Å². The molecule has 3 rings (SSSR count). The number of imidazole rings is 1.